The van der Waals surface area contributed by atoms with Crippen LogP contribution in [0.5, 0.6) is 0 Å². The molecule has 31 heavy (non-hydrogen) atoms. The van der Waals surface area contributed by atoms with Crippen LogP contribution >= 0.6 is 11.3 Å². The Balaban J connectivity index is 2.22. The lowest BCUT2D eigenvalue weighted by atomic mass is 10.1. The average molecular weight is 444 g/mol. The maximum atomic E-state index is 12.8. The summed E-state index contributed by atoms with van der Waals surface area (Å²) >= 11 is 1.16. The third kappa shape index (κ3) is 4.48. The number of amides is 1. The molecule has 0 spiro atoms. The predicted octanol–water partition coefficient (Wildman–Crippen LogP) is 3.05. The number of carbonyl (C=O) groups is 2. The van der Waals surface area contributed by atoms with E-state index in [9.17, 15) is 29.8 Å². The number of hydrogen-bond acceptors (Lipinski definition) is 8. The predicted molar refractivity (Wildman–Crippen MR) is 111 cm³/mol. The standard InChI is InChI=1S/C19H16N4O7S/c1-10-4-11(2)17-15(5-10)21(9-16(24)30-3)19(31-17)20-18(25)12-6-13(22(26)27)8-14(7-12)23(28)29/h4-8H,9H2,1-3H3. The Morgan fingerprint density at radius 1 is 1.06 bits per heavy atom. The molecule has 0 saturated heterocycles. The van der Waals surface area contributed by atoms with E-state index in [4.69, 9.17) is 4.74 Å². The number of methoxy groups -OCH3 is 1. The van der Waals surface area contributed by atoms with Crippen LogP contribution < -0.4 is 4.80 Å². The van der Waals surface area contributed by atoms with Gasteiger partial charge in [-0.3, -0.25) is 29.8 Å². The molecule has 12 heteroatoms. The number of esters is 1. The Morgan fingerprint density at radius 2 is 1.68 bits per heavy atom. The molecule has 0 bridgehead atoms. The summed E-state index contributed by atoms with van der Waals surface area (Å²) in [7, 11) is 1.23. The van der Waals surface area contributed by atoms with Crippen LogP contribution in [0, 0.1) is 34.1 Å². The normalized spacial score (nSPS) is 11.5. The highest BCUT2D eigenvalue weighted by Gasteiger charge is 2.20. The van der Waals surface area contributed by atoms with E-state index in [0.717, 1.165) is 45.4 Å². The molecule has 0 unspecified atom stereocenters. The van der Waals surface area contributed by atoms with Crippen LogP contribution in [0.25, 0.3) is 10.2 Å². The molecule has 1 amide bonds. The van der Waals surface area contributed by atoms with Crippen LogP contribution in [0.3, 0.4) is 0 Å². The molecular weight excluding hydrogens is 428 g/mol. The van der Waals surface area contributed by atoms with Crippen molar-refractivity contribution in [3.63, 3.8) is 0 Å². The van der Waals surface area contributed by atoms with Gasteiger partial charge in [-0.1, -0.05) is 17.4 Å². The van der Waals surface area contributed by atoms with Gasteiger partial charge in [0.15, 0.2) is 4.80 Å². The van der Waals surface area contributed by atoms with Gasteiger partial charge in [0.1, 0.15) is 6.54 Å². The fourth-order valence-electron chi connectivity index (χ4n) is 3.03. The monoisotopic (exact) mass is 444 g/mol. The molecule has 3 rings (SSSR count). The number of carbonyl (C=O) groups excluding carboxylic acids is 2. The smallest absolute Gasteiger partial charge is 0.325 e. The minimum Gasteiger partial charge on any atom is -0.468 e. The van der Waals surface area contributed by atoms with Gasteiger partial charge in [0.2, 0.25) is 0 Å². The van der Waals surface area contributed by atoms with Crippen molar-refractivity contribution >= 4 is 44.8 Å². The van der Waals surface area contributed by atoms with Gasteiger partial charge >= 0.3 is 5.97 Å². The number of ether oxygens (including phenoxy) is 1. The lowest BCUT2D eigenvalue weighted by molar-refractivity contribution is -0.394. The van der Waals surface area contributed by atoms with Crippen molar-refractivity contribution in [3.8, 4) is 0 Å². The van der Waals surface area contributed by atoms with E-state index in [0.29, 0.717) is 5.52 Å². The van der Waals surface area contributed by atoms with Crippen molar-refractivity contribution in [2.75, 3.05) is 7.11 Å². The minimum absolute atomic E-state index is 0.160. The molecule has 11 nitrogen and oxygen atoms in total. The Kier molecular flexibility index (Phi) is 5.92. The molecule has 0 aliphatic heterocycles. The zero-order valence-corrected chi connectivity index (χ0v) is 17.5. The first-order chi connectivity index (χ1) is 14.6. The van der Waals surface area contributed by atoms with Crippen molar-refractivity contribution in [2.24, 2.45) is 4.99 Å². The van der Waals surface area contributed by atoms with Crippen LogP contribution in [-0.4, -0.2) is 33.4 Å². The van der Waals surface area contributed by atoms with E-state index < -0.39 is 33.1 Å². The second-order valence-corrected chi connectivity index (χ2v) is 7.62. The molecule has 0 aliphatic carbocycles. The Hall–Kier alpha value is -3.93. The first-order valence-electron chi connectivity index (χ1n) is 8.81. The summed E-state index contributed by atoms with van der Waals surface area (Å²) in [5.41, 5.74) is 1.02. The average Bonchev–Trinajstić information content (AvgIpc) is 3.04. The highest BCUT2D eigenvalue weighted by atomic mass is 32.1. The largest absolute Gasteiger partial charge is 0.468 e. The maximum Gasteiger partial charge on any atom is 0.325 e. The number of nitrogens with zero attached hydrogens (tertiary/aromatic N) is 4. The van der Waals surface area contributed by atoms with Gasteiger partial charge in [-0.15, -0.1) is 0 Å². The molecule has 0 radical (unpaired) electrons. The van der Waals surface area contributed by atoms with E-state index in [-0.39, 0.29) is 16.9 Å². The van der Waals surface area contributed by atoms with Crippen LogP contribution in [0.4, 0.5) is 11.4 Å². The van der Waals surface area contributed by atoms with Crippen molar-refractivity contribution in [1.29, 1.82) is 0 Å². The van der Waals surface area contributed by atoms with Gasteiger partial charge in [0.25, 0.3) is 17.3 Å². The van der Waals surface area contributed by atoms with Gasteiger partial charge < -0.3 is 9.30 Å². The van der Waals surface area contributed by atoms with Gasteiger partial charge in [-0.25, -0.2) is 0 Å². The molecule has 2 aromatic carbocycles. The molecule has 1 heterocycles. The summed E-state index contributed by atoms with van der Waals surface area (Å²) in [5, 5.41) is 22.2. The Bertz CT molecular complexity index is 1290. The van der Waals surface area contributed by atoms with E-state index in [1.807, 2.05) is 26.0 Å². The zero-order chi connectivity index (χ0) is 22.9. The number of non-ortho nitro benzene ring substituents is 2. The summed E-state index contributed by atoms with van der Waals surface area (Å²) in [6.45, 7) is 3.56. The number of hydrogen-bond donors (Lipinski definition) is 0. The van der Waals surface area contributed by atoms with Crippen LogP contribution in [-0.2, 0) is 16.1 Å². The number of fused-ring (bicyclic) bond motifs is 1. The number of benzene rings is 2. The van der Waals surface area contributed by atoms with Gasteiger partial charge in [0.05, 0.1) is 38.8 Å². The zero-order valence-electron chi connectivity index (χ0n) is 16.6. The maximum absolute atomic E-state index is 12.8. The number of nitro benzene ring substituents is 2. The van der Waals surface area contributed by atoms with E-state index >= 15 is 0 Å². The van der Waals surface area contributed by atoms with Gasteiger partial charge in [-0.2, -0.15) is 4.99 Å². The summed E-state index contributed by atoms with van der Waals surface area (Å²) < 4.78 is 7.04. The van der Waals surface area contributed by atoms with E-state index in [2.05, 4.69) is 4.99 Å². The van der Waals surface area contributed by atoms with Crippen LogP contribution in [0.1, 0.15) is 21.5 Å². The van der Waals surface area contributed by atoms with Crippen molar-refractivity contribution in [1.82, 2.24) is 4.57 Å². The second-order valence-electron chi connectivity index (χ2n) is 6.65. The first kappa shape index (κ1) is 21.8. The van der Waals surface area contributed by atoms with Gasteiger partial charge in [-0.05, 0) is 31.0 Å². The van der Waals surface area contributed by atoms with Crippen LogP contribution in [0.2, 0.25) is 0 Å². The van der Waals surface area contributed by atoms with Gasteiger partial charge in [0, 0.05) is 12.1 Å². The molecule has 0 N–H and O–H groups in total. The summed E-state index contributed by atoms with van der Waals surface area (Å²) in [5.74, 6) is -1.47. The third-order valence-electron chi connectivity index (χ3n) is 4.40. The first-order valence-corrected chi connectivity index (χ1v) is 9.62. The van der Waals surface area contributed by atoms with Crippen molar-refractivity contribution < 1.29 is 24.2 Å². The molecule has 0 aliphatic rings. The summed E-state index contributed by atoms with van der Waals surface area (Å²) in [4.78, 5) is 49.4. The number of thiazole rings is 1. The molecule has 1 aromatic heterocycles. The molecule has 0 atom stereocenters. The summed E-state index contributed by atoms with van der Waals surface area (Å²) in [6.07, 6.45) is 0. The van der Waals surface area contributed by atoms with E-state index in [1.54, 1.807) is 0 Å². The molecule has 160 valence electrons. The number of aromatic nitrogens is 1. The summed E-state index contributed by atoms with van der Waals surface area (Å²) in [6, 6.07) is 6.39. The molecule has 0 fully saturated rings. The van der Waals surface area contributed by atoms with Crippen LogP contribution in [0.15, 0.2) is 35.3 Å². The SMILES string of the molecule is COC(=O)Cn1c(=NC(=O)c2cc([N+](=O)[O-])cc([N+](=O)[O-])c2)sc2c(C)cc(C)cc21. The third-order valence-corrected chi connectivity index (χ3v) is 5.63. The van der Waals surface area contributed by atoms with E-state index in [1.165, 1.54) is 11.7 Å². The highest BCUT2D eigenvalue weighted by molar-refractivity contribution is 7.16. The number of rotatable bonds is 5. The second kappa shape index (κ2) is 8.44. The molecule has 3 aromatic rings. The minimum atomic E-state index is -0.911. The quantitative estimate of drug-likeness (QED) is 0.334. The fraction of sp³-hybridized carbons (Fsp3) is 0.211. The topological polar surface area (TPSA) is 147 Å². The Labute approximate surface area is 178 Å². The number of nitro groups is 2. The fourth-order valence-corrected chi connectivity index (χ4v) is 4.10. The number of aryl methyl sites for hydroxylation is 2. The lowest BCUT2D eigenvalue weighted by Gasteiger charge is -2.05. The van der Waals surface area contributed by atoms with Crippen molar-refractivity contribution in [3.05, 3.63) is 72.1 Å². The highest BCUT2D eigenvalue weighted by Crippen LogP contribution is 2.25. The van der Waals surface area contributed by atoms with Crippen molar-refractivity contribution in [2.45, 2.75) is 20.4 Å². The Morgan fingerprint density at radius 3 is 2.23 bits per heavy atom. The molecular formula is C19H16N4O7S. The molecule has 0 saturated carbocycles. The lowest BCUT2D eigenvalue weighted by Crippen LogP contribution is -2.22.